The molecule has 0 saturated carbocycles. The zero-order valence-corrected chi connectivity index (χ0v) is 19.0. The number of ether oxygens (including phenoxy) is 1. The molecule has 6 nitrogen and oxygen atoms in total. The fraction of sp³-hybridized carbons (Fsp3) is 0.192. The van der Waals surface area contributed by atoms with Crippen LogP contribution in [0, 0.1) is 11.6 Å². The molecular formula is C26H26F2N2O4. The van der Waals surface area contributed by atoms with Crippen molar-refractivity contribution in [1.29, 1.82) is 0 Å². The Morgan fingerprint density at radius 3 is 2.47 bits per heavy atom. The summed E-state index contributed by atoms with van der Waals surface area (Å²) in [5, 5.41) is 2.44. The first-order chi connectivity index (χ1) is 16.4. The van der Waals surface area contributed by atoms with Gasteiger partial charge in [-0.1, -0.05) is 56.3 Å². The van der Waals surface area contributed by atoms with Gasteiger partial charge in [-0.15, -0.1) is 6.58 Å². The van der Waals surface area contributed by atoms with Crippen molar-refractivity contribution in [3.8, 4) is 5.75 Å². The Morgan fingerprint density at radius 1 is 1.15 bits per heavy atom. The third-order valence-corrected chi connectivity index (χ3v) is 4.64. The number of amides is 1. The maximum absolute atomic E-state index is 13.8. The third kappa shape index (κ3) is 6.48. The predicted molar refractivity (Wildman–Crippen MR) is 126 cm³/mol. The van der Waals surface area contributed by atoms with E-state index in [1.165, 1.54) is 22.9 Å². The fourth-order valence-corrected chi connectivity index (χ4v) is 3.03. The third-order valence-electron chi connectivity index (χ3n) is 4.64. The molecule has 0 unspecified atom stereocenters. The number of halogens is 2. The molecule has 1 amide bonds. The highest BCUT2D eigenvalue weighted by atomic mass is 19.1. The number of pyridine rings is 1. The van der Waals surface area contributed by atoms with Crippen LogP contribution in [0.3, 0.4) is 0 Å². The van der Waals surface area contributed by atoms with Gasteiger partial charge < -0.3 is 14.6 Å². The number of nitrogens with zero attached hydrogens (tertiary/aromatic N) is 1. The van der Waals surface area contributed by atoms with E-state index >= 15 is 0 Å². The molecule has 0 radical (unpaired) electrons. The minimum atomic E-state index is -0.822. The van der Waals surface area contributed by atoms with Gasteiger partial charge >= 0.3 is 0 Å². The lowest BCUT2D eigenvalue weighted by Gasteiger charge is -2.15. The molecule has 0 bridgehead atoms. The number of aromatic nitrogens is 1. The molecule has 3 aromatic rings. The standard InChI is InChI=1S/C24H20F2N2O4.C2H6/c1-2-10-28-13-19(24(31)27-12-17-8-9-18(25)11-20(17)26)22(30)23(21(28)14-29)32-15-16-6-4-3-5-7-16;1-2/h2-9,11,13-14H,1,10,12,15H2,(H,27,31);1-2H3. The van der Waals surface area contributed by atoms with Crippen molar-refractivity contribution < 1.29 is 23.1 Å². The molecule has 178 valence electrons. The Hall–Kier alpha value is -4.07. The van der Waals surface area contributed by atoms with Gasteiger partial charge in [0.1, 0.15) is 29.5 Å². The van der Waals surface area contributed by atoms with Gasteiger partial charge in [0.2, 0.25) is 5.43 Å². The zero-order chi connectivity index (χ0) is 25.1. The van der Waals surface area contributed by atoms with E-state index in [4.69, 9.17) is 4.74 Å². The molecule has 3 rings (SSSR count). The molecule has 1 heterocycles. The minimum absolute atomic E-state index is 0.0108. The number of carbonyl (C=O) groups excluding carboxylic acids is 2. The second-order valence-corrected chi connectivity index (χ2v) is 6.84. The summed E-state index contributed by atoms with van der Waals surface area (Å²) in [5.41, 5.74) is -0.285. The van der Waals surface area contributed by atoms with E-state index in [1.807, 2.05) is 19.9 Å². The lowest BCUT2D eigenvalue weighted by Crippen LogP contribution is -2.31. The van der Waals surface area contributed by atoms with E-state index in [0.29, 0.717) is 12.4 Å². The van der Waals surface area contributed by atoms with E-state index in [9.17, 15) is 23.2 Å². The summed E-state index contributed by atoms with van der Waals surface area (Å²) in [6, 6.07) is 12.0. The maximum atomic E-state index is 13.8. The van der Waals surface area contributed by atoms with Crippen LogP contribution in [0.2, 0.25) is 0 Å². The number of aldehydes is 1. The summed E-state index contributed by atoms with van der Waals surface area (Å²) in [6.45, 7) is 7.51. The Kier molecular flexibility index (Phi) is 9.89. The number of rotatable bonds is 9. The second-order valence-electron chi connectivity index (χ2n) is 6.84. The van der Waals surface area contributed by atoms with Crippen molar-refractivity contribution in [2.45, 2.75) is 33.5 Å². The topological polar surface area (TPSA) is 77.4 Å². The Labute approximate surface area is 196 Å². The number of allylic oxidation sites excluding steroid dienone is 1. The normalized spacial score (nSPS) is 10.0. The summed E-state index contributed by atoms with van der Waals surface area (Å²) in [7, 11) is 0. The largest absolute Gasteiger partial charge is 0.483 e. The van der Waals surface area contributed by atoms with Crippen LogP contribution >= 0.6 is 0 Å². The molecule has 1 aromatic heterocycles. The van der Waals surface area contributed by atoms with Gasteiger partial charge in [0.05, 0.1) is 0 Å². The van der Waals surface area contributed by atoms with Crippen LogP contribution in [0.4, 0.5) is 8.78 Å². The molecule has 0 fully saturated rings. The van der Waals surface area contributed by atoms with E-state index in [-0.39, 0.29) is 42.3 Å². The first-order valence-corrected chi connectivity index (χ1v) is 10.7. The predicted octanol–water partition coefficient (Wildman–Crippen LogP) is 4.66. The van der Waals surface area contributed by atoms with E-state index < -0.39 is 23.0 Å². The summed E-state index contributed by atoms with van der Waals surface area (Å²) < 4.78 is 33.9. The van der Waals surface area contributed by atoms with Gasteiger partial charge in [-0.05, 0) is 11.6 Å². The molecule has 0 spiro atoms. The van der Waals surface area contributed by atoms with Crippen molar-refractivity contribution in [2.24, 2.45) is 0 Å². The first kappa shape index (κ1) is 26.2. The molecular weight excluding hydrogens is 442 g/mol. The number of benzene rings is 2. The molecule has 0 atom stereocenters. The van der Waals surface area contributed by atoms with Crippen LogP contribution in [0.1, 0.15) is 45.8 Å². The van der Waals surface area contributed by atoms with Gasteiger partial charge in [0.15, 0.2) is 12.0 Å². The van der Waals surface area contributed by atoms with Crippen molar-refractivity contribution >= 4 is 12.2 Å². The number of hydrogen-bond acceptors (Lipinski definition) is 4. The SMILES string of the molecule is C=CCn1cc(C(=O)NCc2ccc(F)cc2F)c(=O)c(OCc2ccccc2)c1C=O.CC. The monoisotopic (exact) mass is 468 g/mol. The Bertz CT molecular complexity index is 1210. The maximum Gasteiger partial charge on any atom is 0.257 e. The summed E-state index contributed by atoms with van der Waals surface area (Å²) in [4.78, 5) is 37.4. The van der Waals surface area contributed by atoms with E-state index in [2.05, 4.69) is 11.9 Å². The minimum Gasteiger partial charge on any atom is -0.483 e. The fourth-order valence-electron chi connectivity index (χ4n) is 3.03. The van der Waals surface area contributed by atoms with Crippen molar-refractivity contribution in [2.75, 3.05) is 0 Å². The van der Waals surface area contributed by atoms with Crippen LogP contribution in [0.15, 0.2) is 72.2 Å². The van der Waals surface area contributed by atoms with Gasteiger partial charge in [-0.3, -0.25) is 14.4 Å². The van der Waals surface area contributed by atoms with Crippen LogP contribution < -0.4 is 15.5 Å². The average molecular weight is 469 g/mol. The number of carbonyl (C=O) groups is 2. The van der Waals surface area contributed by atoms with Gasteiger partial charge in [-0.25, -0.2) is 8.78 Å². The van der Waals surface area contributed by atoms with Gasteiger partial charge in [-0.2, -0.15) is 0 Å². The van der Waals surface area contributed by atoms with Crippen LogP contribution in [0.5, 0.6) is 5.75 Å². The molecule has 0 aliphatic rings. The highest BCUT2D eigenvalue weighted by Gasteiger charge is 2.21. The smallest absolute Gasteiger partial charge is 0.257 e. The summed E-state index contributed by atoms with van der Waals surface area (Å²) in [6.07, 6.45) is 3.19. The van der Waals surface area contributed by atoms with E-state index in [0.717, 1.165) is 11.6 Å². The molecule has 2 aromatic carbocycles. The number of nitrogens with one attached hydrogen (secondary N) is 1. The highest BCUT2D eigenvalue weighted by molar-refractivity contribution is 5.95. The molecule has 0 saturated heterocycles. The Morgan fingerprint density at radius 2 is 1.85 bits per heavy atom. The highest BCUT2D eigenvalue weighted by Crippen LogP contribution is 2.16. The van der Waals surface area contributed by atoms with Crippen molar-refractivity contribution in [3.63, 3.8) is 0 Å². The van der Waals surface area contributed by atoms with Crippen LogP contribution in [0.25, 0.3) is 0 Å². The first-order valence-electron chi connectivity index (χ1n) is 10.7. The van der Waals surface area contributed by atoms with Crippen LogP contribution in [-0.2, 0) is 19.7 Å². The quantitative estimate of drug-likeness (QED) is 0.366. The molecule has 0 aliphatic heterocycles. The summed E-state index contributed by atoms with van der Waals surface area (Å²) in [5.74, 6) is -2.63. The summed E-state index contributed by atoms with van der Waals surface area (Å²) >= 11 is 0. The van der Waals surface area contributed by atoms with Gasteiger partial charge in [0.25, 0.3) is 5.91 Å². The lowest BCUT2D eigenvalue weighted by molar-refractivity contribution is 0.0946. The molecule has 1 N–H and O–H groups in total. The van der Waals surface area contributed by atoms with Crippen molar-refractivity contribution in [3.05, 3.63) is 112 Å². The molecule has 0 aliphatic carbocycles. The van der Waals surface area contributed by atoms with Crippen molar-refractivity contribution in [1.82, 2.24) is 9.88 Å². The number of hydrogen-bond donors (Lipinski definition) is 1. The van der Waals surface area contributed by atoms with E-state index in [1.54, 1.807) is 24.3 Å². The molecule has 34 heavy (non-hydrogen) atoms. The lowest BCUT2D eigenvalue weighted by atomic mass is 10.1. The zero-order valence-electron chi connectivity index (χ0n) is 19.0. The molecule has 8 heteroatoms. The Balaban J connectivity index is 0.00000199. The van der Waals surface area contributed by atoms with Crippen LogP contribution in [-0.4, -0.2) is 16.8 Å². The average Bonchev–Trinajstić information content (AvgIpc) is 2.85. The van der Waals surface area contributed by atoms with Gasteiger partial charge in [0, 0.05) is 30.9 Å². The second kappa shape index (κ2) is 12.8.